The van der Waals surface area contributed by atoms with Crippen LogP contribution in [0.4, 0.5) is 0 Å². The highest BCUT2D eigenvalue weighted by atomic mass is 15.1. The molecule has 0 aromatic carbocycles. The summed E-state index contributed by atoms with van der Waals surface area (Å²) in [4.78, 5) is 0. The average Bonchev–Trinajstić information content (AvgIpc) is 3.47. The Morgan fingerprint density at radius 3 is 1.02 bits per heavy atom. The van der Waals surface area contributed by atoms with E-state index in [0.29, 0.717) is 0 Å². The summed E-state index contributed by atoms with van der Waals surface area (Å²) in [7, 11) is 0. The Morgan fingerprint density at radius 1 is 0.362 bits per heavy atom. The van der Waals surface area contributed by atoms with E-state index in [1.807, 2.05) is 0 Å². The lowest BCUT2D eigenvalue weighted by atomic mass is 10.0. The number of aromatic nitrogens is 2. The predicted molar refractivity (Wildman–Crippen MR) is 212 cm³/mol. The molecule has 47 heavy (non-hydrogen) atoms. The Labute approximate surface area is 298 Å². The molecule has 0 N–H and O–H groups in total. The Morgan fingerprint density at radius 2 is 0.660 bits per heavy atom. The van der Waals surface area contributed by atoms with Crippen molar-refractivity contribution in [2.75, 3.05) is 0 Å². The smallest absolute Gasteiger partial charge is 0.234 e. The van der Waals surface area contributed by atoms with Gasteiger partial charge in [0.15, 0.2) is 0 Å². The molecule has 2 heteroatoms. The van der Waals surface area contributed by atoms with Crippen LogP contribution in [0.1, 0.15) is 258 Å². The van der Waals surface area contributed by atoms with Crippen molar-refractivity contribution in [1.29, 1.82) is 0 Å². The molecule has 0 aliphatic carbocycles. The standard InChI is InChI=1S/C45H89N2/c1-4-7-10-13-16-19-22-23-24-25-26-27-30-33-36-39-42-47-44-43-46(41-38-35-32-29-21-18-15-12-9-6-3)45(47)40-37-34-31-28-20-17-14-11-8-5-2/h43-44H,4-42H2,1-3H3/q+1. The van der Waals surface area contributed by atoms with E-state index in [1.54, 1.807) is 5.82 Å². The Hall–Kier alpha value is -0.790. The Kier molecular flexibility index (Phi) is 34.3. The van der Waals surface area contributed by atoms with Crippen LogP contribution < -0.4 is 4.57 Å². The van der Waals surface area contributed by atoms with Crippen LogP contribution in [0, 0.1) is 0 Å². The number of imidazole rings is 1. The van der Waals surface area contributed by atoms with Gasteiger partial charge in [-0.25, -0.2) is 9.13 Å². The van der Waals surface area contributed by atoms with Gasteiger partial charge in [-0.3, -0.25) is 0 Å². The van der Waals surface area contributed by atoms with Crippen LogP contribution in [0.25, 0.3) is 0 Å². The molecule has 0 atom stereocenters. The summed E-state index contributed by atoms with van der Waals surface area (Å²) in [6, 6.07) is 0. The maximum atomic E-state index is 2.65. The van der Waals surface area contributed by atoms with Crippen LogP contribution in [0.3, 0.4) is 0 Å². The highest BCUT2D eigenvalue weighted by molar-refractivity contribution is 4.84. The summed E-state index contributed by atoms with van der Waals surface area (Å²) >= 11 is 0. The zero-order valence-corrected chi connectivity index (χ0v) is 33.1. The fourth-order valence-corrected chi connectivity index (χ4v) is 7.56. The molecule has 1 aromatic heterocycles. The molecule has 0 bridgehead atoms. The van der Waals surface area contributed by atoms with Crippen molar-refractivity contribution in [1.82, 2.24) is 4.57 Å². The van der Waals surface area contributed by atoms with E-state index in [0.717, 1.165) is 0 Å². The van der Waals surface area contributed by atoms with Crippen molar-refractivity contribution in [2.45, 2.75) is 271 Å². The third kappa shape index (κ3) is 28.7. The number of aryl methyl sites for hydroxylation is 2. The van der Waals surface area contributed by atoms with Gasteiger partial charge in [0.2, 0.25) is 0 Å². The van der Waals surface area contributed by atoms with Crippen LogP contribution in [0.5, 0.6) is 0 Å². The van der Waals surface area contributed by atoms with Gasteiger partial charge in [-0.2, -0.15) is 0 Å². The van der Waals surface area contributed by atoms with Crippen LogP contribution in [0.15, 0.2) is 12.4 Å². The first-order valence-electron chi connectivity index (χ1n) is 22.4. The number of unbranched alkanes of at least 4 members (excludes halogenated alkanes) is 33. The number of nitrogens with zero attached hydrogens (tertiary/aromatic N) is 2. The minimum Gasteiger partial charge on any atom is -0.234 e. The van der Waals surface area contributed by atoms with Gasteiger partial charge >= 0.3 is 0 Å². The molecule has 0 unspecified atom stereocenters. The third-order valence-electron chi connectivity index (χ3n) is 10.8. The monoisotopic (exact) mass is 658 g/mol. The molecule has 1 rings (SSSR count). The van der Waals surface area contributed by atoms with Crippen molar-refractivity contribution in [2.24, 2.45) is 0 Å². The lowest BCUT2D eigenvalue weighted by molar-refractivity contribution is -0.704. The van der Waals surface area contributed by atoms with Gasteiger partial charge in [-0.1, -0.05) is 220 Å². The first-order chi connectivity index (χ1) is 23.3. The summed E-state index contributed by atoms with van der Waals surface area (Å²) in [6.07, 6.45) is 57.8. The van der Waals surface area contributed by atoms with E-state index < -0.39 is 0 Å². The highest BCUT2D eigenvalue weighted by Crippen LogP contribution is 2.16. The SMILES string of the molecule is CCCCCCCCCCCCCCCCCCn1cc[n+](CCCCCCCCCCCC)c1CCCCCCCCCCCC. The third-order valence-corrected chi connectivity index (χ3v) is 10.8. The molecule has 1 heterocycles. The first-order valence-corrected chi connectivity index (χ1v) is 22.4. The van der Waals surface area contributed by atoms with E-state index in [1.165, 1.54) is 251 Å². The summed E-state index contributed by atoms with van der Waals surface area (Å²) in [5.74, 6) is 1.63. The summed E-state index contributed by atoms with van der Waals surface area (Å²) in [5, 5.41) is 0. The van der Waals surface area contributed by atoms with Gasteiger partial charge in [-0.05, 0) is 32.1 Å². The molecule has 278 valence electrons. The largest absolute Gasteiger partial charge is 0.256 e. The molecular weight excluding hydrogens is 569 g/mol. The second-order valence-electron chi connectivity index (χ2n) is 15.5. The van der Waals surface area contributed by atoms with Crippen molar-refractivity contribution >= 4 is 0 Å². The van der Waals surface area contributed by atoms with E-state index in [2.05, 4.69) is 42.3 Å². The normalized spacial score (nSPS) is 11.6. The number of hydrogen-bond donors (Lipinski definition) is 0. The van der Waals surface area contributed by atoms with E-state index in [9.17, 15) is 0 Å². The number of hydrogen-bond acceptors (Lipinski definition) is 0. The van der Waals surface area contributed by atoms with E-state index in [4.69, 9.17) is 0 Å². The van der Waals surface area contributed by atoms with Crippen molar-refractivity contribution in [3.8, 4) is 0 Å². The topological polar surface area (TPSA) is 8.81 Å². The lowest BCUT2D eigenvalue weighted by Gasteiger charge is -2.07. The summed E-state index contributed by atoms with van der Waals surface area (Å²) < 4.78 is 5.29. The molecule has 0 radical (unpaired) electrons. The lowest BCUT2D eigenvalue weighted by Crippen LogP contribution is -2.37. The van der Waals surface area contributed by atoms with Crippen LogP contribution in [0.2, 0.25) is 0 Å². The average molecular weight is 658 g/mol. The molecule has 0 spiro atoms. The summed E-state index contributed by atoms with van der Waals surface area (Å²) in [6.45, 7) is 9.41. The zero-order chi connectivity index (χ0) is 33.7. The first kappa shape index (κ1) is 44.2. The van der Waals surface area contributed by atoms with Crippen LogP contribution >= 0.6 is 0 Å². The molecule has 0 fully saturated rings. The fourth-order valence-electron chi connectivity index (χ4n) is 7.56. The van der Waals surface area contributed by atoms with Crippen molar-refractivity contribution in [3.63, 3.8) is 0 Å². The van der Waals surface area contributed by atoms with Gasteiger partial charge < -0.3 is 0 Å². The molecular formula is C45H89N2+. The number of rotatable bonds is 39. The second-order valence-corrected chi connectivity index (χ2v) is 15.5. The van der Waals surface area contributed by atoms with E-state index in [-0.39, 0.29) is 0 Å². The fraction of sp³-hybridized carbons (Fsp3) is 0.933. The molecule has 0 aliphatic rings. The maximum absolute atomic E-state index is 2.65. The van der Waals surface area contributed by atoms with Gasteiger partial charge in [0.25, 0.3) is 5.82 Å². The maximum Gasteiger partial charge on any atom is 0.256 e. The zero-order valence-electron chi connectivity index (χ0n) is 33.1. The Bertz CT molecular complexity index is 722. The van der Waals surface area contributed by atoms with Gasteiger partial charge in [0.1, 0.15) is 12.4 Å². The quantitative estimate of drug-likeness (QED) is 0.0492. The molecule has 2 nitrogen and oxygen atoms in total. The van der Waals surface area contributed by atoms with Gasteiger partial charge in [0, 0.05) is 6.42 Å². The molecule has 0 amide bonds. The van der Waals surface area contributed by atoms with Gasteiger partial charge in [-0.15, -0.1) is 0 Å². The minimum absolute atomic E-state index is 1.23. The van der Waals surface area contributed by atoms with Gasteiger partial charge in [0.05, 0.1) is 13.1 Å². The highest BCUT2D eigenvalue weighted by Gasteiger charge is 2.16. The molecule has 0 aliphatic heterocycles. The van der Waals surface area contributed by atoms with Crippen LogP contribution in [-0.2, 0) is 19.5 Å². The van der Waals surface area contributed by atoms with E-state index >= 15 is 0 Å². The molecule has 0 saturated heterocycles. The molecule has 0 saturated carbocycles. The van der Waals surface area contributed by atoms with Crippen LogP contribution in [-0.4, -0.2) is 4.57 Å². The van der Waals surface area contributed by atoms with Crippen molar-refractivity contribution < 1.29 is 4.57 Å². The minimum atomic E-state index is 1.23. The second kappa shape index (κ2) is 36.5. The van der Waals surface area contributed by atoms with Crippen molar-refractivity contribution in [3.05, 3.63) is 18.2 Å². The predicted octanol–water partition coefficient (Wildman–Crippen LogP) is 15.4. The summed E-state index contributed by atoms with van der Waals surface area (Å²) in [5.41, 5.74) is 0. The Balaban J connectivity index is 2.25. The molecule has 1 aromatic rings.